The second kappa shape index (κ2) is 11.0. The van der Waals surface area contributed by atoms with Crippen molar-refractivity contribution >= 4 is 17.3 Å². The van der Waals surface area contributed by atoms with Crippen LogP contribution in [0, 0.1) is 28.6 Å². The number of fused-ring (bicyclic) bond motifs is 7. The Labute approximate surface area is 264 Å². The predicted octanol–water partition coefficient (Wildman–Crippen LogP) is 4.42. The van der Waals surface area contributed by atoms with Crippen molar-refractivity contribution in [3.63, 3.8) is 0 Å². The first kappa shape index (κ1) is 30.5. The third kappa shape index (κ3) is 4.52. The third-order valence-electron chi connectivity index (χ3n) is 12.0. The summed E-state index contributed by atoms with van der Waals surface area (Å²) in [6.45, 7) is 4.16. The van der Waals surface area contributed by atoms with Crippen molar-refractivity contribution in [3.8, 4) is 0 Å². The van der Waals surface area contributed by atoms with E-state index in [9.17, 15) is 24.9 Å². The molecule has 0 radical (unpaired) electrons. The summed E-state index contributed by atoms with van der Waals surface area (Å²) in [4.78, 5) is 28.2. The Morgan fingerprint density at radius 3 is 2.60 bits per heavy atom. The van der Waals surface area contributed by atoms with Gasteiger partial charge in [0.1, 0.15) is 6.61 Å². The van der Waals surface area contributed by atoms with E-state index in [1.54, 1.807) is 12.2 Å². The molecule has 5 aliphatic rings. The Balaban J connectivity index is 1.16. The zero-order valence-corrected chi connectivity index (χ0v) is 26.2. The van der Waals surface area contributed by atoms with E-state index < -0.39 is 47.3 Å². The Hall–Kier alpha value is -3.14. The van der Waals surface area contributed by atoms with Gasteiger partial charge in [-0.3, -0.25) is 9.59 Å². The maximum atomic E-state index is 13.8. The average molecular weight is 614 g/mol. The van der Waals surface area contributed by atoms with Gasteiger partial charge in [0.15, 0.2) is 23.5 Å². The van der Waals surface area contributed by atoms with Crippen molar-refractivity contribution < 1.29 is 34.4 Å². The standard InChI is InChI=1S/C37H43NO7/c1-35-14-13-27(41)16-25(35)9-12-28-29-17-32-37(31(43)21-40,36(29,2)18-30(42)33(28)35)45-34(44-32)24-6-4-5-23(15-24)19-38(3)26-10-7-22(20-39)8-11-26/h4-8,10-11,13-16,28-30,32-34,39-40,42H,9,12,17-21H2,1-3H3/t28-,29-,30-,32+,33+,34+,35-,36-,37+/m0/s1. The lowest BCUT2D eigenvalue weighted by molar-refractivity contribution is -0.201. The van der Waals surface area contributed by atoms with Gasteiger partial charge < -0.3 is 29.7 Å². The summed E-state index contributed by atoms with van der Waals surface area (Å²) in [5.74, 6) is -0.306. The van der Waals surface area contributed by atoms with Crippen molar-refractivity contribution in [1.29, 1.82) is 0 Å². The molecule has 45 heavy (non-hydrogen) atoms. The molecule has 8 heteroatoms. The van der Waals surface area contributed by atoms with Gasteiger partial charge in [0.05, 0.1) is 18.8 Å². The quantitative estimate of drug-likeness (QED) is 0.421. The van der Waals surface area contributed by atoms with Gasteiger partial charge in [0.2, 0.25) is 0 Å². The summed E-state index contributed by atoms with van der Waals surface area (Å²) in [6, 6.07) is 15.8. The van der Waals surface area contributed by atoms with E-state index in [1.165, 1.54) is 0 Å². The van der Waals surface area contributed by atoms with Crippen molar-refractivity contribution in [1.82, 2.24) is 0 Å². The number of aliphatic hydroxyl groups is 3. The minimum absolute atomic E-state index is 0.000725. The van der Waals surface area contributed by atoms with E-state index in [-0.39, 0.29) is 30.1 Å². The predicted molar refractivity (Wildman–Crippen MR) is 168 cm³/mol. The van der Waals surface area contributed by atoms with Crippen LogP contribution in [0.25, 0.3) is 0 Å². The molecule has 0 spiro atoms. The molecule has 1 aliphatic heterocycles. The number of carbonyl (C=O) groups excluding carboxylic acids is 2. The Morgan fingerprint density at radius 2 is 1.87 bits per heavy atom. The van der Waals surface area contributed by atoms with Gasteiger partial charge in [-0.25, -0.2) is 0 Å². The van der Waals surface area contributed by atoms with Crippen LogP contribution in [0.2, 0.25) is 0 Å². The van der Waals surface area contributed by atoms with E-state index in [4.69, 9.17) is 9.47 Å². The Bertz CT molecular complexity index is 1570. The largest absolute Gasteiger partial charge is 0.393 e. The second-order valence-corrected chi connectivity index (χ2v) is 14.3. The van der Waals surface area contributed by atoms with Crippen LogP contribution >= 0.6 is 0 Å². The first-order valence-electron chi connectivity index (χ1n) is 16.1. The molecule has 1 saturated heterocycles. The van der Waals surface area contributed by atoms with Gasteiger partial charge in [0.25, 0.3) is 0 Å². The highest BCUT2D eigenvalue weighted by molar-refractivity contribution is 6.01. The topological polar surface area (TPSA) is 117 Å². The van der Waals surface area contributed by atoms with Gasteiger partial charge in [-0.05, 0) is 79.0 Å². The van der Waals surface area contributed by atoms with E-state index >= 15 is 0 Å². The number of ether oxygens (including phenoxy) is 2. The number of anilines is 1. The molecule has 9 atom stereocenters. The molecular formula is C37H43NO7. The lowest BCUT2D eigenvalue weighted by Crippen LogP contribution is -2.63. The number of hydrogen-bond acceptors (Lipinski definition) is 8. The fourth-order valence-electron chi connectivity index (χ4n) is 9.89. The molecule has 2 aromatic carbocycles. The number of benzene rings is 2. The van der Waals surface area contributed by atoms with Crippen molar-refractivity contribution in [2.45, 2.75) is 76.8 Å². The number of carbonyl (C=O) groups is 2. The van der Waals surface area contributed by atoms with Gasteiger partial charge in [-0.2, -0.15) is 0 Å². The average Bonchev–Trinajstić information content (AvgIpc) is 3.54. The minimum Gasteiger partial charge on any atom is -0.393 e. The molecule has 238 valence electrons. The number of allylic oxidation sites excluding steroid dienone is 4. The van der Waals surface area contributed by atoms with Crippen molar-refractivity contribution in [2.75, 3.05) is 18.6 Å². The van der Waals surface area contributed by atoms with E-state index in [2.05, 4.69) is 18.7 Å². The summed E-state index contributed by atoms with van der Waals surface area (Å²) < 4.78 is 13.4. The molecule has 4 aliphatic carbocycles. The third-order valence-corrected chi connectivity index (χ3v) is 12.0. The zero-order chi connectivity index (χ0) is 31.7. The van der Waals surface area contributed by atoms with Crippen LogP contribution in [-0.4, -0.2) is 58.3 Å². The minimum atomic E-state index is -1.38. The smallest absolute Gasteiger partial charge is 0.193 e. The highest BCUT2D eigenvalue weighted by Crippen LogP contribution is 2.70. The summed E-state index contributed by atoms with van der Waals surface area (Å²) in [5.41, 5.74) is 2.29. The summed E-state index contributed by atoms with van der Waals surface area (Å²) in [5, 5.41) is 31.5. The monoisotopic (exact) mass is 613 g/mol. The van der Waals surface area contributed by atoms with E-state index in [1.807, 2.05) is 61.7 Å². The fraction of sp³-hybridized carbons (Fsp3) is 0.514. The molecule has 2 aromatic rings. The Kier molecular flexibility index (Phi) is 7.45. The number of aliphatic hydroxyl groups excluding tert-OH is 3. The normalized spacial score (nSPS) is 38.2. The van der Waals surface area contributed by atoms with Crippen LogP contribution in [0.3, 0.4) is 0 Å². The number of ketones is 2. The van der Waals surface area contributed by atoms with E-state index in [0.717, 1.165) is 40.8 Å². The van der Waals surface area contributed by atoms with Crippen LogP contribution in [0.1, 0.15) is 62.5 Å². The highest BCUT2D eigenvalue weighted by Gasteiger charge is 2.75. The SMILES string of the molecule is CN(Cc1cccc([C@@H]2O[C@@H]3C[C@H]4[C@@H]5CCC6=CC(=O)C=C[C@]6(C)[C@H]5[C@@H](O)C[C@]4(C)[C@]3(C(=O)CO)O2)c1)c1ccc(CO)cc1. The van der Waals surface area contributed by atoms with Crippen LogP contribution in [0.4, 0.5) is 5.69 Å². The lowest BCUT2D eigenvalue weighted by Gasteiger charge is -2.59. The van der Waals surface area contributed by atoms with Gasteiger partial charge >= 0.3 is 0 Å². The summed E-state index contributed by atoms with van der Waals surface area (Å²) in [7, 11) is 2.01. The first-order chi connectivity index (χ1) is 21.5. The van der Waals surface area contributed by atoms with Crippen LogP contribution in [-0.2, 0) is 32.2 Å². The molecule has 8 nitrogen and oxygen atoms in total. The maximum Gasteiger partial charge on any atom is 0.193 e. The number of Topliss-reactive ketones (excluding diaryl/α,β-unsaturated/α-hetero) is 1. The van der Waals surface area contributed by atoms with Gasteiger partial charge in [0, 0.05) is 41.6 Å². The molecule has 7 rings (SSSR count). The van der Waals surface area contributed by atoms with Crippen LogP contribution in [0.5, 0.6) is 0 Å². The van der Waals surface area contributed by atoms with Crippen molar-refractivity contribution in [2.24, 2.45) is 28.6 Å². The molecule has 4 fully saturated rings. The molecule has 1 heterocycles. The zero-order valence-electron chi connectivity index (χ0n) is 26.2. The van der Waals surface area contributed by atoms with Gasteiger partial charge in [-0.15, -0.1) is 0 Å². The first-order valence-corrected chi connectivity index (χ1v) is 16.1. The van der Waals surface area contributed by atoms with Crippen molar-refractivity contribution in [3.05, 3.63) is 89.0 Å². The maximum absolute atomic E-state index is 13.8. The molecule has 0 amide bonds. The van der Waals surface area contributed by atoms with Crippen LogP contribution in [0.15, 0.2) is 72.3 Å². The summed E-state index contributed by atoms with van der Waals surface area (Å²) >= 11 is 0. The molecule has 3 saturated carbocycles. The molecule has 3 N–H and O–H groups in total. The number of rotatable bonds is 7. The molecule has 0 aromatic heterocycles. The molecule has 0 bridgehead atoms. The molecule has 0 unspecified atom stereocenters. The number of hydrogen-bond donors (Lipinski definition) is 3. The van der Waals surface area contributed by atoms with Crippen LogP contribution < -0.4 is 4.90 Å². The fourth-order valence-corrected chi connectivity index (χ4v) is 9.89. The Morgan fingerprint density at radius 1 is 1.09 bits per heavy atom. The van der Waals surface area contributed by atoms with E-state index in [0.29, 0.717) is 19.4 Å². The molecular weight excluding hydrogens is 570 g/mol. The highest BCUT2D eigenvalue weighted by atomic mass is 16.7. The summed E-state index contributed by atoms with van der Waals surface area (Å²) in [6.07, 6.45) is 5.86. The lowest BCUT2D eigenvalue weighted by atomic mass is 9.46. The number of nitrogens with zero attached hydrogens (tertiary/aromatic N) is 1. The van der Waals surface area contributed by atoms with Gasteiger partial charge in [-0.1, -0.05) is 55.8 Å². The second-order valence-electron chi connectivity index (χ2n) is 14.3.